The van der Waals surface area contributed by atoms with Crippen LogP contribution in [0, 0.1) is 0 Å². The Labute approximate surface area is 228 Å². The Morgan fingerprint density at radius 1 is 0.872 bits per heavy atom. The number of para-hydroxylation sites is 3. The predicted molar refractivity (Wildman–Crippen MR) is 152 cm³/mol. The third-order valence-corrected chi connectivity index (χ3v) is 7.38. The summed E-state index contributed by atoms with van der Waals surface area (Å²) in [5.74, 6) is 0.973. The third kappa shape index (κ3) is 6.23. The van der Waals surface area contributed by atoms with Crippen LogP contribution in [0.5, 0.6) is 11.5 Å². The van der Waals surface area contributed by atoms with Crippen molar-refractivity contribution in [3.05, 3.63) is 94.4 Å². The standard InChI is InChI=1S/C29H32N4O5S/c1-37-26-13-7-6-11-24(26)32-19-17-31(18-20-32)16-15-23-29(34)33(21-22-9-4-3-5-10-22)25-12-8-14-27(28(25)30-23)38-39(2,35)36/h3-14H,15-21H2,1-2H3. The number of fused-ring (bicyclic) bond motifs is 1. The van der Waals surface area contributed by atoms with Crippen molar-refractivity contribution < 1.29 is 17.3 Å². The molecule has 9 nitrogen and oxygen atoms in total. The normalized spacial score (nSPS) is 14.5. The van der Waals surface area contributed by atoms with Gasteiger partial charge in [0.15, 0.2) is 5.75 Å². The van der Waals surface area contributed by atoms with Crippen LogP contribution in [-0.2, 0) is 23.1 Å². The highest BCUT2D eigenvalue weighted by atomic mass is 32.2. The zero-order valence-electron chi connectivity index (χ0n) is 22.1. The highest BCUT2D eigenvalue weighted by molar-refractivity contribution is 7.86. The molecule has 1 aliphatic heterocycles. The lowest BCUT2D eigenvalue weighted by Gasteiger charge is -2.36. The van der Waals surface area contributed by atoms with Gasteiger partial charge in [0.25, 0.3) is 5.56 Å². The monoisotopic (exact) mass is 548 g/mol. The predicted octanol–water partition coefficient (Wildman–Crippen LogP) is 3.16. The van der Waals surface area contributed by atoms with Crippen LogP contribution in [-0.4, -0.2) is 69.0 Å². The van der Waals surface area contributed by atoms with Gasteiger partial charge >= 0.3 is 10.1 Å². The first-order valence-electron chi connectivity index (χ1n) is 12.9. The van der Waals surface area contributed by atoms with Crippen molar-refractivity contribution in [3.8, 4) is 11.5 Å². The number of benzene rings is 3. The first-order valence-corrected chi connectivity index (χ1v) is 14.7. The number of rotatable bonds is 9. The molecule has 1 saturated heterocycles. The molecule has 0 N–H and O–H groups in total. The molecule has 0 unspecified atom stereocenters. The minimum Gasteiger partial charge on any atom is -0.495 e. The number of hydrogen-bond acceptors (Lipinski definition) is 8. The van der Waals surface area contributed by atoms with E-state index in [9.17, 15) is 13.2 Å². The van der Waals surface area contributed by atoms with Crippen molar-refractivity contribution in [1.29, 1.82) is 0 Å². The number of nitrogens with zero attached hydrogens (tertiary/aromatic N) is 4. The molecular weight excluding hydrogens is 516 g/mol. The Balaban J connectivity index is 1.40. The second kappa shape index (κ2) is 11.5. The lowest BCUT2D eigenvalue weighted by atomic mass is 10.2. The molecule has 0 saturated carbocycles. The van der Waals surface area contributed by atoms with E-state index in [1.165, 1.54) is 0 Å². The molecule has 2 heterocycles. The number of aromatic nitrogens is 2. The van der Waals surface area contributed by atoms with E-state index < -0.39 is 10.1 Å². The minimum absolute atomic E-state index is 0.114. The Kier molecular flexibility index (Phi) is 7.85. The zero-order chi connectivity index (χ0) is 27.4. The van der Waals surface area contributed by atoms with Crippen molar-refractivity contribution in [2.75, 3.05) is 51.0 Å². The van der Waals surface area contributed by atoms with Gasteiger partial charge in [-0.25, -0.2) is 4.98 Å². The quantitative estimate of drug-likeness (QED) is 0.295. The first kappa shape index (κ1) is 26.7. The summed E-state index contributed by atoms with van der Waals surface area (Å²) in [6.45, 7) is 4.37. The molecule has 1 aromatic heterocycles. The summed E-state index contributed by atoms with van der Waals surface area (Å²) in [4.78, 5) is 22.9. The van der Waals surface area contributed by atoms with Gasteiger partial charge in [-0.15, -0.1) is 0 Å². The summed E-state index contributed by atoms with van der Waals surface area (Å²) in [5.41, 5.74) is 3.12. The van der Waals surface area contributed by atoms with Crippen molar-refractivity contribution in [3.63, 3.8) is 0 Å². The van der Waals surface area contributed by atoms with Crippen molar-refractivity contribution in [2.45, 2.75) is 13.0 Å². The number of anilines is 1. The third-order valence-electron chi connectivity index (χ3n) is 6.89. The van der Waals surface area contributed by atoms with Crippen LogP contribution in [0.2, 0.25) is 0 Å². The molecule has 0 bridgehead atoms. The van der Waals surface area contributed by atoms with Crippen molar-refractivity contribution in [2.24, 2.45) is 0 Å². The van der Waals surface area contributed by atoms with Gasteiger partial charge in [-0.2, -0.15) is 8.42 Å². The maximum atomic E-state index is 13.7. The zero-order valence-corrected chi connectivity index (χ0v) is 22.9. The van der Waals surface area contributed by atoms with Gasteiger partial charge < -0.3 is 18.4 Å². The smallest absolute Gasteiger partial charge is 0.306 e. The number of methoxy groups -OCH3 is 1. The van der Waals surface area contributed by atoms with E-state index in [1.807, 2.05) is 48.5 Å². The summed E-state index contributed by atoms with van der Waals surface area (Å²) in [6.07, 6.45) is 1.43. The number of hydrogen-bond donors (Lipinski definition) is 0. The molecule has 0 atom stereocenters. The second-order valence-corrected chi connectivity index (χ2v) is 11.2. The molecule has 4 aromatic rings. The van der Waals surface area contributed by atoms with Crippen LogP contribution < -0.4 is 19.4 Å². The van der Waals surface area contributed by atoms with E-state index in [0.29, 0.717) is 36.2 Å². The van der Waals surface area contributed by atoms with Gasteiger partial charge in [0.05, 0.1) is 31.1 Å². The lowest BCUT2D eigenvalue weighted by molar-refractivity contribution is 0.259. The van der Waals surface area contributed by atoms with Crippen molar-refractivity contribution >= 4 is 26.8 Å². The number of piperazine rings is 1. The molecule has 3 aromatic carbocycles. The molecule has 10 heteroatoms. The summed E-state index contributed by atoms with van der Waals surface area (Å²) in [7, 11) is -2.09. The fourth-order valence-electron chi connectivity index (χ4n) is 4.97. The van der Waals surface area contributed by atoms with Crippen LogP contribution in [0.3, 0.4) is 0 Å². The van der Waals surface area contributed by atoms with E-state index in [-0.39, 0.29) is 11.3 Å². The molecule has 1 aliphatic rings. The van der Waals surface area contributed by atoms with E-state index in [0.717, 1.165) is 49.4 Å². The molecular formula is C29H32N4O5S. The van der Waals surface area contributed by atoms with Crippen LogP contribution >= 0.6 is 0 Å². The summed E-state index contributed by atoms with van der Waals surface area (Å²) in [5, 5.41) is 0. The molecule has 0 radical (unpaired) electrons. The van der Waals surface area contributed by atoms with Crippen LogP contribution in [0.1, 0.15) is 11.3 Å². The van der Waals surface area contributed by atoms with E-state index in [1.54, 1.807) is 29.9 Å². The second-order valence-electron chi connectivity index (χ2n) is 9.60. The maximum Gasteiger partial charge on any atom is 0.306 e. The average Bonchev–Trinajstić information content (AvgIpc) is 2.94. The Morgan fingerprint density at radius 3 is 2.28 bits per heavy atom. The first-order chi connectivity index (χ1) is 18.8. The fraction of sp³-hybridized carbons (Fsp3) is 0.310. The fourth-order valence-corrected chi connectivity index (χ4v) is 5.43. The number of ether oxygens (including phenoxy) is 1. The van der Waals surface area contributed by atoms with Gasteiger partial charge in [0.1, 0.15) is 17.0 Å². The molecule has 39 heavy (non-hydrogen) atoms. The molecule has 0 spiro atoms. The van der Waals surface area contributed by atoms with Crippen LogP contribution in [0.4, 0.5) is 5.69 Å². The SMILES string of the molecule is COc1ccccc1N1CCN(CCc2nc3c(OS(C)(=O)=O)cccc3n(Cc3ccccc3)c2=O)CC1. The van der Waals surface area contributed by atoms with E-state index in [4.69, 9.17) is 8.92 Å². The minimum atomic E-state index is -3.78. The largest absolute Gasteiger partial charge is 0.495 e. The van der Waals surface area contributed by atoms with Gasteiger partial charge in [0.2, 0.25) is 0 Å². The molecule has 1 fully saturated rings. The molecule has 0 aliphatic carbocycles. The Morgan fingerprint density at radius 2 is 1.56 bits per heavy atom. The molecule has 0 amide bonds. The topological polar surface area (TPSA) is 94.0 Å². The lowest BCUT2D eigenvalue weighted by Crippen LogP contribution is -2.47. The van der Waals surface area contributed by atoms with Crippen LogP contribution in [0.15, 0.2) is 77.6 Å². The summed E-state index contributed by atoms with van der Waals surface area (Å²) in [6, 6.07) is 22.7. The van der Waals surface area contributed by atoms with Gasteiger partial charge in [-0.3, -0.25) is 9.69 Å². The van der Waals surface area contributed by atoms with E-state index >= 15 is 0 Å². The van der Waals surface area contributed by atoms with Gasteiger partial charge in [0, 0.05) is 39.1 Å². The molecule has 204 valence electrons. The van der Waals surface area contributed by atoms with Crippen molar-refractivity contribution in [1.82, 2.24) is 14.5 Å². The average molecular weight is 549 g/mol. The Hall–Kier alpha value is -3.89. The Bertz CT molecular complexity index is 1610. The van der Waals surface area contributed by atoms with Gasteiger partial charge in [-0.05, 0) is 29.8 Å². The summed E-state index contributed by atoms with van der Waals surface area (Å²) < 4.78 is 36.3. The van der Waals surface area contributed by atoms with E-state index in [2.05, 4.69) is 20.9 Å². The van der Waals surface area contributed by atoms with Gasteiger partial charge in [-0.1, -0.05) is 48.5 Å². The van der Waals surface area contributed by atoms with Crippen LogP contribution in [0.25, 0.3) is 11.0 Å². The maximum absolute atomic E-state index is 13.7. The highest BCUT2D eigenvalue weighted by Crippen LogP contribution is 2.28. The summed E-state index contributed by atoms with van der Waals surface area (Å²) >= 11 is 0. The molecule has 5 rings (SSSR count). The highest BCUT2D eigenvalue weighted by Gasteiger charge is 2.21.